The van der Waals surface area contributed by atoms with E-state index in [-0.39, 0.29) is 0 Å². The Morgan fingerprint density at radius 1 is 0.393 bits per heavy atom. The molecule has 0 bridgehead atoms. The van der Waals surface area contributed by atoms with Gasteiger partial charge in [0.2, 0.25) is 0 Å². The van der Waals surface area contributed by atoms with Crippen LogP contribution in [0.2, 0.25) is 0 Å². The predicted molar refractivity (Wildman–Crippen MR) is 230 cm³/mol. The molecule has 266 valence electrons. The third-order valence-corrected chi connectivity index (χ3v) is 13.2. The number of aromatic nitrogens is 2. The molecule has 0 amide bonds. The van der Waals surface area contributed by atoms with E-state index in [4.69, 9.17) is 20.6 Å². The Labute approximate surface area is 331 Å². The quantitative estimate of drug-likeness (QED) is 0.144. The molecule has 10 aromatic rings. The van der Waals surface area contributed by atoms with Crippen molar-refractivity contribution in [2.45, 2.75) is 13.8 Å². The summed E-state index contributed by atoms with van der Waals surface area (Å²) in [6.07, 6.45) is 0. The van der Waals surface area contributed by atoms with Gasteiger partial charge in [-0.1, -0.05) is 0 Å². The molecule has 0 spiro atoms. The standard InChI is InChI=1S/C30H20O.2C10H9NO.Ga/c31-30-28(25-15-13-20-7-1-3-9-22(20)17-25)19-24-11-5-6-12-27(24)29(30)26-16-14-21-8-2-4-10-23(21)18-26;2*1-7-5-6-8-3-2-4-9(12)10(8)11-7;/h1-19,31H;2*2-6,12H,1H3;/q;;;+3/p-3. The van der Waals surface area contributed by atoms with Gasteiger partial charge in [-0.2, -0.15) is 0 Å². The summed E-state index contributed by atoms with van der Waals surface area (Å²) in [5, 5.41) is 8.80. The van der Waals surface area contributed by atoms with Crippen molar-refractivity contribution < 1.29 is 10.6 Å². The molecule has 6 heteroatoms. The number of hydrogen-bond donors (Lipinski definition) is 0. The van der Waals surface area contributed by atoms with Crippen LogP contribution in [0.5, 0.6) is 17.2 Å². The number of para-hydroxylation sites is 2. The summed E-state index contributed by atoms with van der Waals surface area (Å²) in [5.41, 5.74) is 7.37. The molecule has 0 radical (unpaired) electrons. The van der Waals surface area contributed by atoms with E-state index in [2.05, 4.69) is 140 Å². The molecule has 0 aliphatic rings. The molecule has 0 aliphatic carbocycles. The van der Waals surface area contributed by atoms with Crippen molar-refractivity contribution in [2.75, 3.05) is 0 Å². The fourth-order valence-corrected chi connectivity index (χ4v) is 10.5. The van der Waals surface area contributed by atoms with Crippen LogP contribution in [0.3, 0.4) is 0 Å². The first-order valence-corrected chi connectivity index (χ1v) is 21.8. The molecule has 8 aromatic carbocycles. The van der Waals surface area contributed by atoms with Crippen LogP contribution >= 0.6 is 0 Å². The van der Waals surface area contributed by atoms with Gasteiger partial charge in [-0.05, 0) is 0 Å². The van der Waals surface area contributed by atoms with E-state index >= 15 is 0 Å². The van der Waals surface area contributed by atoms with Crippen LogP contribution in [-0.2, 0) is 0 Å². The fourth-order valence-electron chi connectivity index (χ4n) is 7.65. The second-order valence-electron chi connectivity index (χ2n) is 14.2. The first-order chi connectivity index (χ1) is 27.5. The van der Waals surface area contributed by atoms with Gasteiger partial charge in [-0.15, -0.1) is 0 Å². The van der Waals surface area contributed by atoms with Crippen molar-refractivity contribution in [2.24, 2.45) is 0 Å². The Balaban J connectivity index is 1.23. The molecule has 5 nitrogen and oxygen atoms in total. The number of pyridine rings is 2. The molecule has 0 aliphatic heterocycles. The van der Waals surface area contributed by atoms with Crippen LogP contribution in [0.4, 0.5) is 0 Å². The topological polar surface area (TPSA) is 53.5 Å². The molecule has 2 heterocycles. The van der Waals surface area contributed by atoms with Crippen LogP contribution < -0.4 is 10.6 Å². The van der Waals surface area contributed by atoms with Crippen molar-refractivity contribution in [3.8, 4) is 39.5 Å². The SMILES string of the molecule is Cc1ccc2cccc([O][Ga]([O]c3c(-c4ccc5ccccc5c4)cc4ccccc4c3-c3ccc4ccccc4c3)[O]c3cccc4ccc(C)nc34)c2n1. The number of benzene rings is 8. The van der Waals surface area contributed by atoms with Gasteiger partial charge in [0.15, 0.2) is 0 Å². The average Bonchev–Trinajstić information content (AvgIpc) is 3.23. The summed E-state index contributed by atoms with van der Waals surface area (Å²) < 4.78 is 21.6. The van der Waals surface area contributed by atoms with E-state index in [1.54, 1.807) is 0 Å². The maximum absolute atomic E-state index is 7.47. The van der Waals surface area contributed by atoms with E-state index in [0.717, 1.165) is 77.0 Å². The van der Waals surface area contributed by atoms with Crippen molar-refractivity contribution in [3.63, 3.8) is 0 Å². The second kappa shape index (κ2) is 14.2. The number of aryl methyl sites for hydroxylation is 2. The zero-order valence-electron chi connectivity index (χ0n) is 30.9. The second-order valence-corrected chi connectivity index (χ2v) is 16.9. The van der Waals surface area contributed by atoms with Gasteiger partial charge in [0.05, 0.1) is 0 Å². The number of fused-ring (bicyclic) bond motifs is 5. The number of hydrogen-bond acceptors (Lipinski definition) is 5. The van der Waals surface area contributed by atoms with Gasteiger partial charge in [-0.25, -0.2) is 0 Å². The molecule has 10 rings (SSSR count). The Morgan fingerprint density at radius 2 is 0.875 bits per heavy atom. The third-order valence-electron chi connectivity index (χ3n) is 10.4. The van der Waals surface area contributed by atoms with E-state index in [9.17, 15) is 0 Å². The summed E-state index contributed by atoms with van der Waals surface area (Å²) in [6, 6.07) is 61.1. The van der Waals surface area contributed by atoms with Gasteiger partial charge in [-0.3, -0.25) is 0 Å². The Hall–Kier alpha value is -6.60. The molecule has 0 atom stereocenters. The Morgan fingerprint density at radius 3 is 1.48 bits per heavy atom. The van der Waals surface area contributed by atoms with Gasteiger partial charge >= 0.3 is 333 Å². The summed E-state index contributed by atoms with van der Waals surface area (Å²) in [5.74, 6) is 1.97. The normalized spacial score (nSPS) is 11.4. The van der Waals surface area contributed by atoms with Crippen LogP contribution in [0.15, 0.2) is 176 Å². The van der Waals surface area contributed by atoms with Gasteiger partial charge in [0.1, 0.15) is 0 Å². The monoisotopic (exact) mass is 780 g/mol. The third kappa shape index (κ3) is 6.39. The molecule has 0 N–H and O–H groups in total. The van der Waals surface area contributed by atoms with E-state index in [1.165, 1.54) is 10.8 Å². The average molecular weight is 782 g/mol. The first-order valence-electron chi connectivity index (χ1n) is 18.8. The first kappa shape index (κ1) is 33.9. The summed E-state index contributed by atoms with van der Waals surface area (Å²) >= 11 is -3.91. The fraction of sp³-hybridized carbons (Fsp3) is 0.0400. The number of nitrogens with zero attached hydrogens (tertiary/aromatic N) is 2. The zero-order valence-corrected chi connectivity index (χ0v) is 33.4. The van der Waals surface area contributed by atoms with Gasteiger partial charge in [0.25, 0.3) is 0 Å². The summed E-state index contributed by atoms with van der Waals surface area (Å²) in [6.45, 7) is 3.99. The van der Waals surface area contributed by atoms with E-state index in [0.29, 0.717) is 17.2 Å². The van der Waals surface area contributed by atoms with Crippen molar-refractivity contribution in [1.29, 1.82) is 0 Å². The Bertz CT molecular complexity index is 3040. The summed E-state index contributed by atoms with van der Waals surface area (Å²) in [4.78, 5) is 9.83. The molecular formula is C50H35GaN2O3. The van der Waals surface area contributed by atoms with Crippen LogP contribution in [0.1, 0.15) is 11.4 Å². The van der Waals surface area contributed by atoms with Crippen LogP contribution in [0.25, 0.3) is 76.4 Å². The van der Waals surface area contributed by atoms with Crippen molar-refractivity contribution in [3.05, 3.63) is 187 Å². The van der Waals surface area contributed by atoms with E-state index < -0.39 is 17.3 Å². The molecule has 0 saturated heterocycles. The molecule has 2 aromatic heterocycles. The zero-order chi connectivity index (χ0) is 37.6. The maximum atomic E-state index is 7.47. The Kier molecular flexibility index (Phi) is 8.62. The summed E-state index contributed by atoms with van der Waals surface area (Å²) in [7, 11) is 0. The molecule has 0 saturated carbocycles. The minimum absolute atomic E-state index is 0.626. The van der Waals surface area contributed by atoms with Crippen molar-refractivity contribution >= 4 is 71.4 Å². The molecular weight excluding hydrogens is 746 g/mol. The van der Waals surface area contributed by atoms with Crippen molar-refractivity contribution in [1.82, 2.24) is 9.97 Å². The molecule has 0 fully saturated rings. The minimum atomic E-state index is -3.91. The van der Waals surface area contributed by atoms with Gasteiger partial charge in [0, 0.05) is 0 Å². The molecule has 56 heavy (non-hydrogen) atoms. The van der Waals surface area contributed by atoms with Crippen LogP contribution in [0, 0.1) is 13.8 Å². The van der Waals surface area contributed by atoms with Crippen LogP contribution in [-0.4, -0.2) is 27.3 Å². The van der Waals surface area contributed by atoms with Gasteiger partial charge < -0.3 is 0 Å². The van der Waals surface area contributed by atoms with E-state index in [1.807, 2.05) is 50.2 Å². The predicted octanol–water partition coefficient (Wildman–Crippen LogP) is 12.7. The number of rotatable bonds is 8. The molecule has 0 unspecified atom stereocenters.